The van der Waals surface area contributed by atoms with Crippen molar-refractivity contribution in [3.63, 3.8) is 0 Å². The second kappa shape index (κ2) is 7.74. The summed E-state index contributed by atoms with van der Waals surface area (Å²) >= 11 is 0. The van der Waals surface area contributed by atoms with Crippen LogP contribution in [-0.4, -0.2) is 13.2 Å². The number of hydrogen-bond acceptors (Lipinski definition) is 2. The Morgan fingerprint density at radius 3 is 2.84 bits per heavy atom. The van der Waals surface area contributed by atoms with Gasteiger partial charge in [0.25, 0.3) is 0 Å². The predicted molar refractivity (Wildman–Crippen MR) is 80.7 cm³/mol. The maximum atomic E-state index is 6.05. The highest BCUT2D eigenvalue weighted by molar-refractivity contribution is 5.15. The molecule has 1 unspecified atom stereocenters. The molecule has 2 aliphatic rings. The van der Waals surface area contributed by atoms with E-state index < -0.39 is 0 Å². The average molecular weight is 263 g/mol. The highest BCUT2D eigenvalue weighted by Gasteiger charge is 2.18. The molecule has 0 aromatic carbocycles. The number of nitrogens with two attached hydrogens (primary N) is 1. The van der Waals surface area contributed by atoms with Crippen molar-refractivity contribution >= 4 is 0 Å². The van der Waals surface area contributed by atoms with Crippen molar-refractivity contribution in [3.05, 3.63) is 24.0 Å². The molecule has 1 saturated carbocycles. The molecule has 0 radical (unpaired) electrons. The van der Waals surface area contributed by atoms with E-state index >= 15 is 0 Å². The van der Waals surface area contributed by atoms with Gasteiger partial charge in [0, 0.05) is 6.42 Å². The minimum Gasteiger partial charge on any atom is -0.498 e. The SMILES string of the molecule is C[C@@H](CN)CC1C=CC=C(OCC2CCCCC2)C1. The lowest BCUT2D eigenvalue weighted by atomic mass is 9.89. The summed E-state index contributed by atoms with van der Waals surface area (Å²) in [6, 6.07) is 0. The Morgan fingerprint density at radius 1 is 1.32 bits per heavy atom. The number of hydrogen-bond donors (Lipinski definition) is 1. The Morgan fingerprint density at radius 2 is 2.11 bits per heavy atom. The van der Waals surface area contributed by atoms with Gasteiger partial charge in [-0.15, -0.1) is 0 Å². The monoisotopic (exact) mass is 263 g/mol. The standard InChI is InChI=1S/C17H29NO/c1-14(12-18)10-16-8-5-9-17(11-16)19-13-15-6-3-2-4-7-15/h5,8-9,14-16H,2-4,6-7,10-13,18H2,1H3/t14-,16?/m1/s1. The van der Waals surface area contributed by atoms with Crippen LogP contribution in [0.25, 0.3) is 0 Å². The van der Waals surface area contributed by atoms with E-state index in [4.69, 9.17) is 10.5 Å². The highest BCUT2D eigenvalue weighted by atomic mass is 16.5. The normalized spacial score (nSPS) is 26.0. The summed E-state index contributed by atoms with van der Waals surface area (Å²) in [6.45, 7) is 3.94. The molecule has 2 N–H and O–H groups in total. The zero-order chi connectivity index (χ0) is 13.5. The van der Waals surface area contributed by atoms with Crippen molar-refractivity contribution in [2.45, 2.75) is 51.9 Å². The first-order valence-corrected chi connectivity index (χ1v) is 7.98. The smallest absolute Gasteiger partial charge is 0.0965 e. The van der Waals surface area contributed by atoms with E-state index in [0.717, 1.165) is 25.5 Å². The molecule has 2 rings (SSSR count). The van der Waals surface area contributed by atoms with Crippen LogP contribution >= 0.6 is 0 Å². The molecule has 2 atom stereocenters. The van der Waals surface area contributed by atoms with Gasteiger partial charge in [0.15, 0.2) is 0 Å². The molecule has 0 amide bonds. The zero-order valence-electron chi connectivity index (χ0n) is 12.3. The van der Waals surface area contributed by atoms with E-state index in [1.165, 1.54) is 44.3 Å². The molecule has 0 spiro atoms. The minimum atomic E-state index is 0.604. The highest BCUT2D eigenvalue weighted by Crippen LogP contribution is 2.28. The Hall–Kier alpha value is -0.760. The van der Waals surface area contributed by atoms with Crippen molar-refractivity contribution in [2.24, 2.45) is 23.5 Å². The summed E-state index contributed by atoms with van der Waals surface area (Å²) < 4.78 is 6.05. The summed E-state index contributed by atoms with van der Waals surface area (Å²) in [5, 5.41) is 0. The van der Waals surface area contributed by atoms with Crippen molar-refractivity contribution in [3.8, 4) is 0 Å². The lowest BCUT2D eigenvalue weighted by Gasteiger charge is -2.25. The molecule has 0 saturated heterocycles. The largest absolute Gasteiger partial charge is 0.498 e. The Labute approximate surface area is 118 Å². The van der Waals surface area contributed by atoms with Crippen LogP contribution in [0.4, 0.5) is 0 Å². The Balaban J connectivity index is 1.71. The third-order valence-corrected chi connectivity index (χ3v) is 4.47. The maximum absolute atomic E-state index is 6.05. The summed E-state index contributed by atoms with van der Waals surface area (Å²) in [5.74, 6) is 3.20. The van der Waals surface area contributed by atoms with E-state index in [0.29, 0.717) is 11.8 Å². The van der Waals surface area contributed by atoms with Gasteiger partial charge in [-0.2, -0.15) is 0 Å². The van der Waals surface area contributed by atoms with Crippen molar-refractivity contribution in [1.82, 2.24) is 0 Å². The van der Waals surface area contributed by atoms with Crippen LogP contribution in [0, 0.1) is 17.8 Å². The van der Waals surface area contributed by atoms with Crippen LogP contribution in [0.1, 0.15) is 51.9 Å². The van der Waals surface area contributed by atoms with E-state index in [9.17, 15) is 0 Å². The number of allylic oxidation sites excluding steroid dienone is 4. The summed E-state index contributed by atoms with van der Waals surface area (Å²) in [6.07, 6.45) is 15.8. The average Bonchev–Trinajstić information content (AvgIpc) is 2.46. The first kappa shape index (κ1) is 14.6. The van der Waals surface area contributed by atoms with Gasteiger partial charge in [0.05, 0.1) is 12.4 Å². The second-order valence-corrected chi connectivity index (χ2v) is 6.37. The molecule has 0 bridgehead atoms. The van der Waals surface area contributed by atoms with Crippen molar-refractivity contribution < 1.29 is 4.74 Å². The van der Waals surface area contributed by atoms with Gasteiger partial charge in [-0.05, 0) is 49.6 Å². The van der Waals surface area contributed by atoms with Crippen LogP contribution in [0.15, 0.2) is 24.0 Å². The van der Waals surface area contributed by atoms with Crippen LogP contribution in [-0.2, 0) is 4.74 Å². The Kier molecular flexibility index (Phi) is 5.96. The summed E-state index contributed by atoms with van der Waals surface area (Å²) in [5.41, 5.74) is 5.71. The van der Waals surface area contributed by atoms with Gasteiger partial charge >= 0.3 is 0 Å². The molecule has 2 nitrogen and oxygen atoms in total. The van der Waals surface area contributed by atoms with E-state index in [2.05, 4.69) is 25.2 Å². The minimum absolute atomic E-state index is 0.604. The molecule has 2 aliphatic carbocycles. The molecule has 0 aromatic heterocycles. The molecule has 0 aromatic rings. The third-order valence-electron chi connectivity index (χ3n) is 4.47. The molecular formula is C17H29NO. The van der Waals surface area contributed by atoms with Crippen LogP contribution in [0.2, 0.25) is 0 Å². The Bertz CT molecular complexity index is 315. The molecule has 2 heteroatoms. The van der Waals surface area contributed by atoms with Crippen LogP contribution in [0.5, 0.6) is 0 Å². The molecule has 0 heterocycles. The third kappa shape index (κ3) is 5.02. The van der Waals surface area contributed by atoms with Gasteiger partial charge in [0.1, 0.15) is 0 Å². The molecule has 108 valence electrons. The molecular weight excluding hydrogens is 234 g/mol. The lowest BCUT2D eigenvalue weighted by Crippen LogP contribution is -2.17. The summed E-state index contributed by atoms with van der Waals surface area (Å²) in [7, 11) is 0. The zero-order valence-corrected chi connectivity index (χ0v) is 12.3. The van der Waals surface area contributed by atoms with Gasteiger partial charge < -0.3 is 10.5 Å². The van der Waals surface area contributed by atoms with Gasteiger partial charge in [-0.25, -0.2) is 0 Å². The molecule has 1 fully saturated rings. The van der Waals surface area contributed by atoms with Crippen LogP contribution < -0.4 is 5.73 Å². The van der Waals surface area contributed by atoms with Gasteiger partial charge in [0.2, 0.25) is 0 Å². The van der Waals surface area contributed by atoms with E-state index in [1.54, 1.807) is 0 Å². The fourth-order valence-electron chi connectivity index (χ4n) is 3.18. The fourth-order valence-corrected chi connectivity index (χ4v) is 3.18. The maximum Gasteiger partial charge on any atom is 0.0965 e. The fraction of sp³-hybridized carbons (Fsp3) is 0.765. The van der Waals surface area contributed by atoms with E-state index in [-0.39, 0.29) is 0 Å². The quantitative estimate of drug-likeness (QED) is 0.785. The van der Waals surface area contributed by atoms with Crippen molar-refractivity contribution in [1.29, 1.82) is 0 Å². The van der Waals surface area contributed by atoms with E-state index in [1.807, 2.05) is 0 Å². The number of rotatable bonds is 6. The van der Waals surface area contributed by atoms with Crippen molar-refractivity contribution in [2.75, 3.05) is 13.2 Å². The molecule has 0 aliphatic heterocycles. The predicted octanol–water partition coefficient (Wildman–Crippen LogP) is 4.03. The second-order valence-electron chi connectivity index (χ2n) is 6.37. The topological polar surface area (TPSA) is 35.2 Å². The first-order chi connectivity index (χ1) is 9.28. The molecule has 19 heavy (non-hydrogen) atoms. The van der Waals surface area contributed by atoms with Gasteiger partial charge in [-0.3, -0.25) is 0 Å². The first-order valence-electron chi connectivity index (χ1n) is 7.98. The summed E-state index contributed by atoms with van der Waals surface area (Å²) in [4.78, 5) is 0. The lowest BCUT2D eigenvalue weighted by molar-refractivity contribution is 0.130. The van der Waals surface area contributed by atoms with Gasteiger partial charge in [-0.1, -0.05) is 38.3 Å². The van der Waals surface area contributed by atoms with Crippen LogP contribution in [0.3, 0.4) is 0 Å². The number of ether oxygens (including phenoxy) is 1.